The molecule has 3 aromatic rings. The van der Waals surface area contributed by atoms with Gasteiger partial charge in [0.2, 0.25) is 0 Å². The zero-order valence-corrected chi connectivity index (χ0v) is 15.2. The molecule has 0 bridgehead atoms. The van der Waals surface area contributed by atoms with Crippen molar-refractivity contribution >= 4 is 12.0 Å². The SMILES string of the molecule is C=CCOC(=O)/C(C#N)=C/c1cn(Cc2ccccc2)nc1-c1cccnc1. The predicted octanol–water partition coefficient (Wildman–Crippen LogP) is 3.63. The van der Waals surface area contributed by atoms with Crippen molar-refractivity contribution in [3.63, 3.8) is 0 Å². The maximum Gasteiger partial charge on any atom is 0.349 e. The lowest BCUT2D eigenvalue weighted by molar-refractivity contribution is -0.137. The second-order valence-electron chi connectivity index (χ2n) is 5.91. The van der Waals surface area contributed by atoms with Gasteiger partial charge in [0.05, 0.1) is 6.54 Å². The number of carbonyl (C=O) groups is 1. The number of aromatic nitrogens is 3. The molecule has 0 radical (unpaired) electrons. The molecule has 0 aliphatic heterocycles. The lowest BCUT2D eigenvalue weighted by atomic mass is 10.1. The summed E-state index contributed by atoms with van der Waals surface area (Å²) in [4.78, 5) is 16.2. The van der Waals surface area contributed by atoms with E-state index in [9.17, 15) is 10.1 Å². The van der Waals surface area contributed by atoms with Crippen LogP contribution in [0.25, 0.3) is 17.3 Å². The first-order valence-electron chi connectivity index (χ1n) is 8.63. The Morgan fingerprint density at radius 2 is 2.07 bits per heavy atom. The summed E-state index contributed by atoms with van der Waals surface area (Å²) >= 11 is 0. The van der Waals surface area contributed by atoms with Crippen LogP contribution in [0, 0.1) is 11.3 Å². The normalized spacial score (nSPS) is 10.9. The topological polar surface area (TPSA) is 80.8 Å². The number of pyridine rings is 1. The van der Waals surface area contributed by atoms with Gasteiger partial charge in [-0.3, -0.25) is 9.67 Å². The zero-order chi connectivity index (χ0) is 19.8. The highest BCUT2D eigenvalue weighted by Gasteiger charge is 2.15. The van der Waals surface area contributed by atoms with E-state index in [2.05, 4.69) is 16.7 Å². The molecule has 0 aliphatic rings. The minimum absolute atomic E-state index is 0.0422. The number of rotatable bonds is 7. The van der Waals surface area contributed by atoms with Gasteiger partial charge in [-0.1, -0.05) is 43.0 Å². The number of esters is 1. The number of nitriles is 1. The molecule has 3 rings (SSSR count). The number of benzene rings is 1. The fourth-order valence-electron chi connectivity index (χ4n) is 2.63. The summed E-state index contributed by atoms with van der Waals surface area (Å²) in [6.45, 7) is 4.10. The van der Waals surface area contributed by atoms with Gasteiger partial charge in [-0.2, -0.15) is 10.4 Å². The van der Waals surface area contributed by atoms with Crippen molar-refractivity contribution in [2.45, 2.75) is 6.54 Å². The molecule has 28 heavy (non-hydrogen) atoms. The summed E-state index contributed by atoms with van der Waals surface area (Å²) < 4.78 is 6.75. The van der Waals surface area contributed by atoms with Gasteiger partial charge >= 0.3 is 5.97 Å². The second-order valence-corrected chi connectivity index (χ2v) is 5.91. The molecule has 0 fully saturated rings. The van der Waals surface area contributed by atoms with Crippen LogP contribution in [0.2, 0.25) is 0 Å². The highest BCUT2D eigenvalue weighted by Crippen LogP contribution is 2.24. The third kappa shape index (κ3) is 4.59. The van der Waals surface area contributed by atoms with Crippen molar-refractivity contribution < 1.29 is 9.53 Å². The first-order valence-corrected chi connectivity index (χ1v) is 8.63. The number of hydrogen-bond donors (Lipinski definition) is 0. The maximum atomic E-state index is 12.1. The number of carbonyl (C=O) groups excluding carboxylic acids is 1. The highest BCUT2D eigenvalue weighted by atomic mass is 16.5. The minimum Gasteiger partial charge on any atom is -0.457 e. The third-order valence-electron chi connectivity index (χ3n) is 3.88. The number of nitrogens with zero attached hydrogens (tertiary/aromatic N) is 4. The molecule has 0 saturated carbocycles. The van der Waals surface area contributed by atoms with Crippen LogP contribution in [0.15, 0.2) is 79.3 Å². The molecular formula is C22H18N4O2. The molecule has 0 atom stereocenters. The van der Waals surface area contributed by atoms with E-state index < -0.39 is 5.97 Å². The summed E-state index contributed by atoms with van der Waals surface area (Å²) in [7, 11) is 0. The molecule has 1 aromatic carbocycles. The quantitative estimate of drug-likeness (QED) is 0.275. The minimum atomic E-state index is -0.699. The molecule has 2 heterocycles. The molecule has 6 heteroatoms. The Balaban J connectivity index is 2.00. The van der Waals surface area contributed by atoms with Crippen molar-refractivity contribution in [1.82, 2.24) is 14.8 Å². The first kappa shape index (κ1) is 18.8. The average molecular weight is 370 g/mol. The predicted molar refractivity (Wildman–Crippen MR) is 106 cm³/mol. The van der Waals surface area contributed by atoms with Gasteiger partial charge in [0, 0.05) is 29.7 Å². The van der Waals surface area contributed by atoms with E-state index in [-0.39, 0.29) is 12.2 Å². The van der Waals surface area contributed by atoms with Crippen LogP contribution in [0.1, 0.15) is 11.1 Å². The van der Waals surface area contributed by atoms with Gasteiger partial charge in [0.15, 0.2) is 0 Å². The third-order valence-corrected chi connectivity index (χ3v) is 3.88. The fraction of sp³-hybridized carbons (Fsp3) is 0.0909. The average Bonchev–Trinajstić information content (AvgIpc) is 3.13. The van der Waals surface area contributed by atoms with Crippen molar-refractivity contribution in [2.24, 2.45) is 0 Å². The van der Waals surface area contributed by atoms with Crippen LogP contribution < -0.4 is 0 Å². The lowest BCUT2D eigenvalue weighted by Crippen LogP contribution is -2.06. The molecule has 6 nitrogen and oxygen atoms in total. The van der Waals surface area contributed by atoms with Gasteiger partial charge in [-0.15, -0.1) is 0 Å². The Bertz CT molecular complexity index is 1030. The van der Waals surface area contributed by atoms with Crippen LogP contribution >= 0.6 is 0 Å². The van der Waals surface area contributed by atoms with E-state index in [1.807, 2.05) is 48.5 Å². The van der Waals surface area contributed by atoms with E-state index >= 15 is 0 Å². The Kier molecular flexibility index (Phi) is 6.11. The molecule has 2 aromatic heterocycles. The Hall–Kier alpha value is -3.98. The molecule has 0 N–H and O–H groups in total. The van der Waals surface area contributed by atoms with Crippen molar-refractivity contribution in [3.05, 3.63) is 90.4 Å². The number of ether oxygens (including phenoxy) is 1. The molecule has 0 spiro atoms. The molecule has 0 amide bonds. The highest BCUT2D eigenvalue weighted by molar-refractivity contribution is 5.98. The van der Waals surface area contributed by atoms with E-state index in [0.717, 1.165) is 11.1 Å². The van der Waals surface area contributed by atoms with Crippen LogP contribution in [-0.2, 0) is 16.1 Å². The van der Waals surface area contributed by atoms with Crippen molar-refractivity contribution in [2.75, 3.05) is 6.61 Å². The summed E-state index contributed by atoms with van der Waals surface area (Å²) in [6.07, 6.45) is 8.10. The summed E-state index contributed by atoms with van der Waals surface area (Å²) in [5.74, 6) is -0.699. The van der Waals surface area contributed by atoms with Crippen molar-refractivity contribution in [1.29, 1.82) is 5.26 Å². The summed E-state index contributed by atoms with van der Waals surface area (Å²) in [6, 6.07) is 15.5. The van der Waals surface area contributed by atoms with E-state index in [1.165, 1.54) is 12.2 Å². The number of hydrogen-bond acceptors (Lipinski definition) is 5. The first-order chi connectivity index (χ1) is 13.7. The van der Waals surface area contributed by atoms with Crippen LogP contribution in [0.4, 0.5) is 0 Å². The lowest BCUT2D eigenvalue weighted by Gasteiger charge is -2.01. The van der Waals surface area contributed by atoms with E-state index in [1.54, 1.807) is 23.3 Å². The largest absolute Gasteiger partial charge is 0.457 e. The molecule has 0 unspecified atom stereocenters. The monoisotopic (exact) mass is 370 g/mol. The Morgan fingerprint density at radius 3 is 2.75 bits per heavy atom. The van der Waals surface area contributed by atoms with Gasteiger partial charge in [-0.25, -0.2) is 4.79 Å². The van der Waals surface area contributed by atoms with Crippen LogP contribution in [0.5, 0.6) is 0 Å². The van der Waals surface area contributed by atoms with Crippen LogP contribution in [-0.4, -0.2) is 27.3 Å². The molecular weight excluding hydrogens is 352 g/mol. The summed E-state index contributed by atoms with van der Waals surface area (Å²) in [5, 5.41) is 14.0. The maximum absolute atomic E-state index is 12.1. The molecule has 0 aliphatic carbocycles. The van der Waals surface area contributed by atoms with Gasteiger partial charge < -0.3 is 4.74 Å². The van der Waals surface area contributed by atoms with Crippen LogP contribution in [0.3, 0.4) is 0 Å². The standard InChI is InChI=1S/C22H18N4O2/c1-2-11-28-22(27)19(13-23)12-20-16-26(15-17-7-4-3-5-8-17)25-21(20)18-9-6-10-24-14-18/h2-10,12,14,16H,1,11,15H2/b19-12+. The summed E-state index contributed by atoms with van der Waals surface area (Å²) in [5.41, 5.74) is 3.04. The smallest absolute Gasteiger partial charge is 0.349 e. The molecule has 138 valence electrons. The Morgan fingerprint density at radius 1 is 1.25 bits per heavy atom. The zero-order valence-electron chi connectivity index (χ0n) is 15.2. The van der Waals surface area contributed by atoms with Crippen molar-refractivity contribution in [3.8, 4) is 17.3 Å². The van der Waals surface area contributed by atoms with Gasteiger partial charge in [-0.05, 0) is 23.8 Å². The Labute approximate surface area is 163 Å². The van der Waals surface area contributed by atoms with Gasteiger partial charge in [0.1, 0.15) is 23.9 Å². The van der Waals surface area contributed by atoms with E-state index in [4.69, 9.17) is 4.74 Å². The van der Waals surface area contributed by atoms with Gasteiger partial charge in [0.25, 0.3) is 0 Å². The fourth-order valence-corrected chi connectivity index (χ4v) is 2.63. The molecule has 0 saturated heterocycles. The second kappa shape index (κ2) is 9.10. The van der Waals surface area contributed by atoms with E-state index in [0.29, 0.717) is 17.8 Å².